The molecule has 0 bridgehead atoms. The molecule has 3 rings (SSSR count). The van der Waals surface area contributed by atoms with Gasteiger partial charge in [0, 0.05) is 0 Å². The smallest absolute Gasteiger partial charge is 0.0232 e. The molecule has 0 aromatic heterocycles. The van der Waals surface area contributed by atoms with Crippen molar-refractivity contribution in [2.24, 2.45) is 23.2 Å². The van der Waals surface area contributed by atoms with Crippen LogP contribution in [0.25, 0.3) is 0 Å². The van der Waals surface area contributed by atoms with Crippen LogP contribution in [0.15, 0.2) is 0 Å². The molecule has 0 spiro atoms. The lowest BCUT2D eigenvalue weighted by Gasteiger charge is -2.35. The molecule has 0 radical (unpaired) electrons. The zero-order valence-corrected chi connectivity index (χ0v) is 6.06. The van der Waals surface area contributed by atoms with E-state index in [9.17, 15) is 0 Å². The average molecular weight is 122 g/mol. The van der Waals surface area contributed by atoms with Crippen LogP contribution in [0.3, 0.4) is 0 Å². The third-order valence-corrected chi connectivity index (χ3v) is 4.38. The maximum absolute atomic E-state index is 2.38. The lowest BCUT2D eigenvalue weighted by Crippen LogP contribution is -2.26. The van der Waals surface area contributed by atoms with Crippen LogP contribution in [-0.4, -0.2) is 0 Å². The van der Waals surface area contributed by atoms with Crippen molar-refractivity contribution >= 4 is 0 Å². The van der Waals surface area contributed by atoms with Crippen LogP contribution in [0.2, 0.25) is 0 Å². The lowest BCUT2D eigenvalue weighted by atomic mass is 9.70. The van der Waals surface area contributed by atoms with Crippen molar-refractivity contribution in [1.29, 1.82) is 0 Å². The Morgan fingerprint density at radius 1 is 1.44 bits per heavy atom. The number of hydrogen-bond donors (Lipinski definition) is 0. The first-order chi connectivity index (χ1) is 4.38. The Hall–Kier alpha value is 0. The van der Waals surface area contributed by atoms with E-state index in [-0.39, 0.29) is 0 Å². The van der Waals surface area contributed by atoms with Crippen LogP contribution in [0.1, 0.15) is 32.6 Å². The van der Waals surface area contributed by atoms with Gasteiger partial charge in [0.05, 0.1) is 0 Å². The highest BCUT2D eigenvalue weighted by atomic mass is 14.8. The van der Waals surface area contributed by atoms with Gasteiger partial charge in [0.2, 0.25) is 0 Å². The van der Waals surface area contributed by atoms with Crippen molar-refractivity contribution in [3.63, 3.8) is 0 Å². The van der Waals surface area contributed by atoms with Gasteiger partial charge in [-0.15, -0.1) is 0 Å². The summed E-state index contributed by atoms with van der Waals surface area (Å²) in [5.74, 6) is 3.66. The molecule has 0 amide bonds. The summed E-state index contributed by atoms with van der Waals surface area (Å²) in [6, 6.07) is 0. The van der Waals surface area contributed by atoms with Crippen molar-refractivity contribution in [2.45, 2.75) is 32.6 Å². The molecule has 0 heterocycles. The van der Waals surface area contributed by atoms with E-state index in [0.717, 1.165) is 5.41 Å². The topological polar surface area (TPSA) is 0 Å². The monoisotopic (exact) mass is 122 g/mol. The van der Waals surface area contributed by atoms with E-state index in [1.165, 1.54) is 24.2 Å². The van der Waals surface area contributed by atoms with E-state index in [0.29, 0.717) is 0 Å². The van der Waals surface area contributed by atoms with Crippen LogP contribution in [0.5, 0.6) is 0 Å². The molecule has 3 saturated carbocycles. The maximum Gasteiger partial charge on any atom is -0.0232 e. The molecule has 0 aliphatic heterocycles. The summed E-state index contributed by atoms with van der Waals surface area (Å²) in [6.07, 6.45) is 6.26. The van der Waals surface area contributed by atoms with Gasteiger partial charge in [0.1, 0.15) is 0 Å². The van der Waals surface area contributed by atoms with Gasteiger partial charge in [-0.1, -0.05) is 6.92 Å². The Labute approximate surface area is 56.6 Å². The van der Waals surface area contributed by atoms with Crippen LogP contribution < -0.4 is 0 Å². The van der Waals surface area contributed by atoms with Gasteiger partial charge in [-0.05, 0) is 48.9 Å². The number of hydrogen-bond acceptors (Lipinski definition) is 0. The van der Waals surface area contributed by atoms with Crippen LogP contribution in [-0.2, 0) is 0 Å². The zero-order chi connectivity index (χ0) is 6.06. The van der Waals surface area contributed by atoms with Crippen LogP contribution in [0.4, 0.5) is 0 Å². The van der Waals surface area contributed by atoms with Gasteiger partial charge in [0.25, 0.3) is 0 Å². The zero-order valence-electron chi connectivity index (χ0n) is 6.06. The SMILES string of the molecule is CCC12CC3CCC1C32. The second kappa shape index (κ2) is 1.09. The molecule has 0 aromatic rings. The van der Waals surface area contributed by atoms with Gasteiger partial charge in [-0.2, -0.15) is 0 Å². The molecule has 3 aliphatic carbocycles. The summed E-state index contributed by atoms with van der Waals surface area (Å²) in [5, 5.41) is 0. The van der Waals surface area contributed by atoms with Crippen LogP contribution >= 0.6 is 0 Å². The molecule has 9 heavy (non-hydrogen) atoms. The third kappa shape index (κ3) is 0.300. The fourth-order valence-corrected chi connectivity index (χ4v) is 3.94. The first kappa shape index (κ1) is 4.76. The molecule has 0 nitrogen and oxygen atoms in total. The molecule has 50 valence electrons. The summed E-state index contributed by atoms with van der Waals surface area (Å²) < 4.78 is 0. The van der Waals surface area contributed by atoms with E-state index >= 15 is 0 Å². The summed E-state index contributed by atoms with van der Waals surface area (Å²) in [6.45, 7) is 2.38. The minimum absolute atomic E-state index is 0.947. The largest absolute Gasteiger partial charge is 0.0648 e. The molecular weight excluding hydrogens is 108 g/mol. The van der Waals surface area contributed by atoms with Gasteiger partial charge >= 0.3 is 0 Å². The number of rotatable bonds is 1. The Kier molecular flexibility index (Phi) is 0.574. The van der Waals surface area contributed by atoms with Crippen molar-refractivity contribution in [2.75, 3.05) is 0 Å². The van der Waals surface area contributed by atoms with Gasteiger partial charge in [-0.25, -0.2) is 0 Å². The highest BCUT2D eigenvalue weighted by Crippen LogP contribution is 2.82. The number of fused-ring (bicyclic) bond motifs is 1. The Balaban J connectivity index is 1.93. The van der Waals surface area contributed by atoms with E-state index < -0.39 is 0 Å². The van der Waals surface area contributed by atoms with E-state index in [1.54, 1.807) is 19.3 Å². The van der Waals surface area contributed by atoms with Crippen molar-refractivity contribution in [3.8, 4) is 0 Å². The first-order valence-corrected chi connectivity index (χ1v) is 4.38. The molecule has 0 saturated heterocycles. The van der Waals surface area contributed by atoms with E-state index in [1.807, 2.05) is 0 Å². The standard InChI is InChI=1S/C9H14/c1-2-9-5-6-3-4-7(9)8(6)9/h6-8H,2-5H2,1H3. The highest BCUT2D eigenvalue weighted by molar-refractivity contribution is 5.24. The fourth-order valence-electron chi connectivity index (χ4n) is 3.94. The van der Waals surface area contributed by atoms with Gasteiger partial charge in [0.15, 0.2) is 0 Å². The Morgan fingerprint density at radius 2 is 2.33 bits per heavy atom. The van der Waals surface area contributed by atoms with Crippen molar-refractivity contribution in [3.05, 3.63) is 0 Å². The normalized spacial score (nSPS) is 67.0. The van der Waals surface area contributed by atoms with Crippen molar-refractivity contribution < 1.29 is 0 Å². The predicted molar refractivity (Wildman–Crippen MR) is 37.0 cm³/mol. The molecule has 4 unspecified atom stereocenters. The first-order valence-electron chi connectivity index (χ1n) is 4.38. The van der Waals surface area contributed by atoms with Crippen LogP contribution in [0, 0.1) is 23.2 Å². The molecule has 3 aliphatic rings. The minimum atomic E-state index is 0.947. The molecule has 0 heteroatoms. The second-order valence-electron chi connectivity index (χ2n) is 4.26. The quantitative estimate of drug-likeness (QED) is 0.501. The molecular formula is C9H14. The van der Waals surface area contributed by atoms with Gasteiger partial charge in [-0.3, -0.25) is 0 Å². The minimum Gasteiger partial charge on any atom is -0.0648 e. The summed E-state index contributed by atoms with van der Waals surface area (Å²) in [7, 11) is 0. The van der Waals surface area contributed by atoms with E-state index in [2.05, 4.69) is 6.92 Å². The predicted octanol–water partition coefficient (Wildman–Crippen LogP) is 2.44. The molecule has 0 N–H and O–H groups in total. The molecule has 0 aromatic carbocycles. The second-order valence-corrected chi connectivity index (χ2v) is 4.26. The Bertz CT molecular complexity index is 155. The third-order valence-electron chi connectivity index (χ3n) is 4.38. The fraction of sp³-hybridized carbons (Fsp3) is 1.00. The van der Waals surface area contributed by atoms with E-state index in [4.69, 9.17) is 0 Å². The summed E-state index contributed by atoms with van der Waals surface area (Å²) >= 11 is 0. The van der Waals surface area contributed by atoms with Crippen molar-refractivity contribution in [1.82, 2.24) is 0 Å². The molecule has 3 fully saturated rings. The molecule has 4 atom stereocenters. The summed E-state index contributed by atoms with van der Waals surface area (Å²) in [5.41, 5.74) is 0.947. The van der Waals surface area contributed by atoms with Gasteiger partial charge < -0.3 is 0 Å². The average Bonchev–Trinajstić information content (AvgIpc) is 2.13. The highest BCUT2D eigenvalue weighted by Gasteiger charge is 2.76. The maximum atomic E-state index is 2.38. The Morgan fingerprint density at radius 3 is 2.67 bits per heavy atom. The lowest BCUT2D eigenvalue weighted by molar-refractivity contribution is 0.145. The summed E-state index contributed by atoms with van der Waals surface area (Å²) in [4.78, 5) is 0.